The smallest absolute Gasteiger partial charge is 0.165 e. The Balaban J connectivity index is 1.86. The summed E-state index contributed by atoms with van der Waals surface area (Å²) in [6.45, 7) is 9.61. The Morgan fingerprint density at radius 3 is 2.76 bits per heavy atom. The van der Waals surface area contributed by atoms with Crippen molar-refractivity contribution in [1.82, 2.24) is 10.2 Å². The van der Waals surface area contributed by atoms with Crippen molar-refractivity contribution in [2.45, 2.75) is 33.2 Å². The van der Waals surface area contributed by atoms with Crippen molar-refractivity contribution in [2.75, 3.05) is 32.8 Å². The predicted octanol–water partition coefficient (Wildman–Crippen LogP) is 3.05. The van der Waals surface area contributed by atoms with Gasteiger partial charge in [-0.05, 0) is 44.5 Å². The van der Waals surface area contributed by atoms with E-state index in [-0.39, 0.29) is 5.82 Å². The average molecular weight is 294 g/mol. The summed E-state index contributed by atoms with van der Waals surface area (Å²) in [6.07, 6.45) is 2.54. The summed E-state index contributed by atoms with van der Waals surface area (Å²) in [5.41, 5.74) is 0.900. The zero-order chi connectivity index (χ0) is 15.1. The van der Waals surface area contributed by atoms with Crippen LogP contribution in [0.15, 0.2) is 18.2 Å². The molecule has 1 N–H and O–H groups in total. The van der Waals surface area contributed by atoms with Gasteiger partial charge in [0.15, 0.2) is 11.6 Å². The third kappa shape index (κ3) is 5.29. The van der Waals surface area contributed by atoms with Crippen molar-refractivity contribution >= 4 is 0 Å². The number of likely N-dealkylation sites (tertiary alicyclic amines) is 1. The van der Waals surface area contributed by atoms with Crippen LogP contribution in [0.1, 0.15) is 32.3 Å². The lowest BCUT2D eigenvalue weighted by Gasteiger charge is -2.17. The zero-order valence-corrected chi connectivity index (χ0v) is 13.2. The fraction of sp³-hybridized carbons (Fsp3) is 0.647. The first-order valence-corrected chi connectivity index (χ1v) is 8.00. The molecule has 1 aliphatic heterocycles. The lowest BCUT2D eigenvalue weighted by atomic mass is 10.1. The van der Waals surface area contributed by atoms with Crippen LogP contribution in [0.25, 0.3) is 0 Å². The highest BCUT2D eigenvalue weighted by Crippen LogP contribution is 2.22. The lowest BCUT2D eigenvalue weighted by molar-refractivity contribution is 0.229. The normalized spacial score (nSPS) is 15.8. The van der Waals surface area contributed by atoms with E-state index in [4.69, 9.17) is 4.74 Å². The molecule has 21 heavy (non-hydrogen) atoms. The summed E-state index contributed by atoms with van der Waals surface area (Å²) in [4.78, 5) is 2.37. The number of benzene rings is 1. The number of nitrogens with zero attached hydrogens (tertiary/aromatic N) is 1. The Morgan fingerprint density at radius 1 is 1.29 bits per heavy atom. The van der Waals surface area contributed by atoms with E-state index < -0.39 is 0 Å². The van der Waals surface area contributed by atoms with Gasteiger partial charge in [-0.2, -0.15) is 0 Å². The molecular weight excluding hydrogens is 267 g/mol. The van der Waals surface area contributed by atoms with Crippen LogP contribution in [-0.4, -0.2) is 37.7 Å². The fourth-order valence-electron chi connectivity index (χ4n) is 2.63. The van der Waals surface area contributed by atoms with Crippen LogP contribution < -0.4 is 10.1 Å². The van der Waals surface area contributed by atoms with E-state index in [1.807, 2.05) is 6.07 Å². The highest BCUT2D eigenvalue weighted by molar-refractivity contribution is 5.34. The van der Waals surface area contributed by atoms with Gasteiger partial charge in [0.05, 0.1) is 0 Å². The molecule has 4 heteroatoms. The number of halogens is 1. The highest BCUT2D eigenvalue weighted by atomic mass is 19.1. The summed E-state index contributed by atoms with van der Waals surface area (Å²) >= 11 is 0. The van der Waals surface area contributed by atoms with Gasteiger partial charge in [-0.3, -0.25) is 4.90 Å². The van der Waals surface area contributed by atoms with E-state index in [1.165, 1.54) is 18.9 Å². The minimum Gasteiger partial charge on any atom is -0.489 e. The molecule has 0 amide bonds. The summed E-state index contributed by atoms with van der Waals surface area (Å²) in [7, 11) is 0. The Kier molecular flexibility index (Phi) is 6.46. The lowest BCUT2D eigenvalue weighted by Crippen LogP contribution is -2.25. The highest BCUT2D eigenvalue weighted by Gasteiger charge is 2.13. The van der Waals surface area contributed by atoms with Crippen LogP contribution in [0.5, 0.6) is 5.75 Å². The second-order valence-corrected chi connectivity index (χ2v) is 6.15. The molecule has 1 heterocycles. The Hall–Kier alpha value is -1.13. The molecule has 0 radical (unpaired) electrons. The third-order valence-corrected chi connectivity index (χ3v) is 3.77. The van der Waals surface area contributed by atoms with Crippen molar-refractivity contribution in [1.29, 1.82) is 0 Å². The molecule has 0 atom stereocenters. The van der Waals surface area contributed by atoms with Gasteiger partial charge < -0.3 is 10.1 Å². The maximum atomic E-state index is 14.0. The molecule has 1 aromatic carbocycles. The van der Waals surface area contributed by atoms with E-state index in [1.54, 1.807) is 6.07 Å². The molecular formula is C17H27FN2O. The van der Waals surface area contributed by atoms with Crippen LogP contribution in [0.2, 0.25) is 0 Å². The van der Waals surface area contributed by atoms with Crippen LogP contribution in [-0.2, 0) is 6.54 Å². The maximum Gasteiger partial charge on any atom is 0.165 e. The number of hydrogen-bond donors (Lipinski definition) is 1. The minimum atomic E-state index is -0.264. The van der Waals surface area contributed by atoms with Gasteiger partial charge >= 0.3 is 0 Å². The van der Waals surface area contributed by atoms with Crippen molar-refractivity contribution < 1.29 is 9.13 Å². The molecule has 0 spiro atoms. The number of nitrogens with one attached hydrogen (secondary N) is 1. The second-order valence-electron chi connectivity index (χ2n) is 6.15. The van der Waals surface area contributed by atoms with Gasteiger partial charge in [0.2, 0.25) is 0 Å². The molecule has 1 aromatic rings. The monoisotopic (exact) mass is 294 g/mol. The van der Waals surface area contributed by atoms with Gasteiger partial charge in [-0.15, -0.1) is 0 Å². The predicted molar refractivity (Wildman–Crippen MR) is 84.1 cm³/mol. The summed E-state index contributed by atoms with van der Waals surface area (Å²) < 4.78 is 19.7. The first-order chi connectivity index (χ1) is 10.2. The summed E-state index contributed by atoms with van der Waals surface area (Å²) in [5.74, 6) is 0.728. The molecule has 1 aliphatic rings. The molecule has 0 saturated carbocycles. The summed E-state index contributed by atoms with van der Waals surface area (Å²) in [6, 6.07) is 5.15. The molecule has 2 rings (SSSR count). The number of rotatable bonds is 8. The first-order valence-electron chi connectivity index (χ1n) is 8.00. The average Bonchev–Trinajstić information content (AvgIpc) is 2.94. The Bertz CT molecular complexity index is 431. The van der Waals surface area contributed by atoms with Gasteiger partial charge in [0, 0.05) is 18.7 Å². The molecule has 1 saturated heterocycles. The van der Waals surface area contributed by atoms with E-state index >= 15 is 0 Å². The topological polar surface area (TPSA) is 24.5 Å². The molecule has 0 bridgehead atoms. The molecule has 1 fully saturated rings. The van der Waals surface area contributed by atoms with E-state index in [0.717, 1.165) is 31.7 Å². The van der Waals surface area contributed by atoms with Gasteiger partial charge in [0.1, 0.15) is 6.61 Å². The second kappa shape index (κ2) is 8.35. The standard InChI is InChI=1S/C17H27FN2O/c1-14(2)12-19-13-15-6-5-7-16(18)17(15)21-11-10-20-8-3-4-9-20/h5-7,14,19H,3-4,8-13H2,1-2H3. The summed E-state index contributed by atoms with van der Waals surface area (Å²) in [5, 5.41) is 3.34. The van der Waals surface area contributed by atoms with Crippen LogP contribution >= 0.6 is 0 Å². The van der Waals surface area contributed by atoms with Gasteiger partial charge in [-0.25, -0.2) is 4.39 Å². The Morgan fingerprint density at radius 2 is 2.05 bits per heavy atom. The van der Waals surface area contributed by atoms with Crippen LogP contribution in [0.3, 0.4) is 0 Å². The van der Waals surface area contributed by atoms with Crippen LogP contribution in [0.4, 0.5) is 4.39 Å². The van der Waals surface area contributed by atoms with Crippen LogP contribution in [0, 0.1) is 11.7 Å². The van der Waals surface area contributed by atoms with Crippen molar-refractivity contribution in [3.05, 3.63) is 29.6 Å². The largest absolute Gasteiger partial charge is 0.489 e. The number of ether oxygens (including phenoxy) is 1. The molecule has 0 aromatic heterocycles. The van der Waals surface area contributed by atoms with Gasteiger partial charge in [-0.1, -0.05) is 26.0 Å². The molecule has 0 unspecified atom stereocenters. The SMILES string of the molecule is CC(C)CNCc1cccc(F)c1OCCN1CCCC1. The van der Waals surface area contributed by atoms with E-state index in [0.29, 0.717) is 24.8 Å². The van der Waals surface area contributed by atoms with E-state index in [9.17, 15) is 4.39 Å². The fourth-order valence-corrected chi connectivity index (χ4v) is 2.63. The van der Waals surface area contributed by atoms with Gasteiger partial charge in [0.25, 0.3) is 0 Å². The zero-order valence-electron chi connectivity index (χ0n) is 13.2. The first kappa shape index (κ1) is 16.2. The quantitative estimate of drug-likeness (QED) is 0.797. The van der Waals surface area contributed by atoms with Crippen molar-refractivity contribution in [3.8, 4) is 5.75 Å². The third-order valence-electron chi connectivity index (χ3n) is 3.77. The molecule has 3 nitrogen and oxygen atoms in total. The van der Waals surface area contributed by atoms with Crippen molar-refractivity contribution in [3.63, 3.8) is 0 Å². The molecule has 0 aliphatic carbocycles. The van der Waals surface area contributed by atoms with Crippen molar-refractivity contribution in [2.24, 2.45) is 5.92 Å². The molecule has 118 valence electrons. The Labute approximate surface area is 127 Å². The van der Waals surface area contributed by atoms with E-state index in [2.05, 4.69) is 24.1 Å². The maximum absolute atomic E-state index is 14.0. The number of hydrogen-bond acceptors (Lipinski definition) is 3. The minimum absolute atomic E-state index is 0.264. The number of para-hydroxylation sites is 1.